The van der Waals surface area contributed by atoms with Gasteiger partial charge in [0.05, 0.1) is 17.7 Å². The SMILES string of the molecule is CCNC(=O)[C@H](Cc1ccccc1)N(Cc1ccc(Br)cc1)C(=O)CN(c1ccc(OC)cc1)S(=O)(=O)c1ccc(C)cc1. The Hall–Kier alpha value is -4.15. The summed E-state index contributed by atoms with van der Waals surface area (Å²) >= 11 is 3.45. The van der Waals surface area contributed by atoms with E-state index in [0.717, 1.165) is 25.5 Å². The summed E-state index contributed by atoms with van der Waals surface area (Å²) in [6, 6.07) is 29.0. The maximum atomic E-state index is 14.4. The van der Waals surface area contributed by atoms with E-state index < -0.39 is 28.5 Å². The molecule has 0 saturated carbocycles. The van der Waals surface area contributed by atoms with Gasteiger partial charge in [0, 0.05) is 24.0 Å². The predicted molar refractivity (Wildman–Crippen MR) is 176 cm³/mol. The number of benzene rings is 4. The molecule has 0 fully saturated rings. The van der Waals surface area contributed by atoms with Crippen LogP contribution in [0.2, 0.25) is 0 Å². The molecule has 8 nitrogen and oxygen atoms in total. The van der Waals surface area contributed by atoms with E-state index in [9.17, 15) is 18.0 Å². The van der Waals surface area contributed by atoms with Crippen molar-refractivity contribution in [1.29, 1.82) is 0 Å². The highest BCUT2D eigenvalue weighted by molar-refractivity contribution is 9.10. The lowest BCUT2D eigenvalue weighted by Gasteiger charge is -2.34. The zero-order valence-electron chi connectivity index (χ0n) is 24.9. The minimum Gasteiger partial charge on any atom is -0.497 e. The van der Waals surface area contributed by atoms with Crippen molar-refractivity contribution in [3.63, 3.8) is 0 Å². The Morgan fingerprint density at radius 2 is 1.50 bits per heavy atom. The zero-order valence-corrected chi connectivity index (χ0v) is 27.3. The van der Waals surface area contributed by atoms with Gasteiger partial charge < -0.3 is 15.0 Å². The molecule has 10 heteroatoms. The van der Waals surface area contributed by atoms with Crippen LogP contribution in [-0.2, 0) is 32.6 Å². The smallest absolute Gasteiger partial charge is 0.264 e. The van der Waals surface area contributed by atoms with Crippen LogP contribution in [-0.4, -0.2) is 51.4 Å². The number of carbonyl (C=O) groups is 2. The van der Waals surface area contributed by atoms with Gasteiger partial charge in [-0.1, -0.05) is 76.1 Å². The van der Waals surface area contributed by atoms with E-state index in [1.165, 1.54) is 24.1 Å². The molecule has 0 aliphatic heterocycles. The second kappa shape index (κ2) is 15.0. The number of hydrogen-bond acceptors (Lipinski definition) is 5. The zero-order chi connectivity index (χ0) is 31.7. The number of halogens is 1. The molecule has 0 heterocycles. The highest BCUT2D eigenvalue weighted by Crippen LogP contribution is 2.27. The fraction of sp³-hybridized carbons (Fsp3) is 0.235. The van der Waals surface area contributed by atoms with Crippen LogP contribution in [0.25, 0.3) is 0 Å². The van der Waals surface area contributed by atoms with Crippen LogP contribution in [0.1, 0.15) is 23.6 Å². The number of anilines is 1. The van der Waals surface area contributed by atoms with E-state index >= 15 is 0 Å². The van der Waals surface area contributed by atoms with Gasteiger partial charge in [0.1, 0.15) is 18.3 Å². The number of aryl methyl sites for hydroxylation is 1. The fourth-order valence-corrected chi connectivity index (χ4v) is 6.43. The molecule has 0 saturated heterocycles. The molecule has 4 aromatic rings. The number of rotatable bonds is 13. The van der Waals surface area contributed by atoms with E-state index in [1.807, 2.05) is 68.4 Å². The summed E-state index contributed by atoms with van der Waals surface area (Å²) < 4.78 is 35.4. The fourth-order valence-electron chi connectivity index (χ4n) is 4.75. The van der Waals surface area contributed by atoms with Crippen LogP contribution in [0.4, 0.5) is 5.69 Å². The lowest BCUT2D eigenvalue weighted by molar-refractivity contribution is -0.140. The normalized spacial score (nSPS) is 11.8. The van der Waals surface area contributed by atoms with Crippen LogP contribution in [0.15, 0.2) is 112 Å². The molecule has 0 spiro atoms. The van der Waals surface area contributed by atoms with Crippen LogP contribution < -0.4 is 14.4 Å². The average molecular weight is 679 g/mol. The second-order valence-electron chi connectivity index (χ2n) is 10.3. The van der Waals surface area contributed by atoms with Crippen molar-refractivity contribution < 1.29 is 22.7 Å². The van der Waals surface area contributed by atoms with E-state index in [0.29, 0.717) is 18.0 Å². The van der Waals surface area contributed by atoms with Gasteiger partial charge in [-0.2, -0.15) is 0 Å². The number of sulfonamides is 1. The van der Waals surface area contributed by atoms with Crippen molar-refractivity contribution in [2.75, 3.05) is 24.5 Å². The Kier molecular flexibility index (Phi) is 11.2. The van der Waals surface area contributed by atoms with Gasteiger partial charge in [-0.15, -0.1) is 0 Å². The second-order valence-corrected chi connectivity index (χ2v) is 13.0. The third-order valence-corrected chi connectivity index (χ3v) is 9.45. The summed E-state index contributed by atoms with van der Waals surface area (Å²) in [6.45, 7) is 3.64. The Balaban J connectivity index is 1.79. The van der Waals surface area contributed by atoms with Crippen molar-refractivity contribution in [1.82, 2.24) is 10.2 Å². The van der Waals surface area contributed by atoms with Crippen LogP contribution >= 0.6 is 15.9 Å². The standard InChI is InChI=1S/C34H36BrN3O5S/c1-4-36-34(40)32(22-26-8-6-5-7-9-26)37(23-27-12-14-28(35)15-13-27)33(39)24-38(29-16-18-30(43-3)19-17-29)44(41,42)31-20-10-25(2)11-21-31/h5-21,32H,4,22-24H2,1-3H3,(H,36,40)/t32-/m0/s1. The molecule has 0 aliphatic carbocycles. The van der Waals surface area contributed by atoms with Crippen molar-refractivity contribution in [3.05, 3.63) is 124 Å². The summed E-state index contributed by atoms with van der Waals surface area (Å²) in [6.07, 6.45) is 0.252. The number of ether oxygens (including phenoxy) is 1. The molecule has 1 N–H and O–H groups in total. The third-order valence-electron chi connectivity index (χ3n) is 7.14. The molecular weight excluding hydrogens is 642 g/mol. The summed E-state index contributed by atoms with van der Waals surface area (Å²) in [5.41, 5.74) is 2.86. The van der Waals surface area contributed by atoms with Crippen LogP contribution in [0, 0.1) is 6.92 Å². The first-order chi connectivity index (χ1) is 21.1. The molecule has 0 bridgehead atoms. The maximum absolute atomic E-state index is 14.4. The highest BCUT2D eigenvalue weighted by atomic mass is 79.9. The number of nitrogens with one attached hydrogen (secondary N) is 1. The molecular formula is C34H36BrN3O5S. The number of likely N-dealkylation sites (N-methyl/N-ethyl adjacent to an activating group) is 1. The maximum Gasteiger partial charge on any atom is 0.264 e. The number of nitrogens with zero attached hydrogens (tertiary/aromatic N) is 2. The Morgan fingerprint density at radius 1 is 0.864 bits per heavy atom. The number of methoxy groups -OCH3 is 1. The van der Waals surface area contributed by atoms with E-state index in [1.54, 1.807) is 36.4 Å². The number of carbonyl (C=O) groups excluding carboxylic acids is 2. The van der Waals surface area contributed by atoms with Gasteiger partial charge in [-0.25, -0.2) is 8.42 Å². The molecule has 230 valence electrons. The third kappa shape index (κ3) is 8.27. The minimum absolute atomic E-state index is 0.0516. The Morgan fingerprint density at radius 3 is 2.09 bits per heavy atom. The summed E-state index contributed by atoms with van der Waals surface area (Å²) in [5, 5.41) is 2.87. The van der Waals surface area contributed by atoms with Crippen LogP contribution in [0.5, 0.6) is 5.75 Å². The summed E-state index contributed by atoms with van der Waals surface area (Å²) in [4.78, 5) is 29.5. The first kappa shape index (κ1) is 32.8. The first-order valence-corrected chi connectivity index (χ1v) is 16.4. The first-order valence-electron chi connectivity index (χ1n) is 14.2. The molecule has 2 amide bonds. The van der Waals surface area contributed by atoms with Gasteiger partial charge in [0.15, 0.2) is 0 Å². The summed E-state index contributed by atoms with van der Waals surface area (Å²) in [5.74, 6) is -0.297. The molecule has 0 radical (unpaired) electrons. The lowest BCUT2D eigenvalue weighted by atomic mass is 10.0. The Labute approximate surface area is 267 Å². The summed E-state index contributed by atoms with van der Waals surface area (Å²) in [7, 11) is -2.65. The molecule has 0 aromatic heterocycles. The van der Waals surface area contributed by atoms with E-state index in [4.69, 9.17) is 4.74 Å². The predicted octanol–water partition coefficient (Wildman–Crippen LogP) is 5.74. The van der Waals surface area contributed by atoms with Crippen LogP contribution in [0.3, 0.4) is 0 Å². The monoisotopic (exact) mass is 677 g/mol. The minimum atomic E-state index is -4.17. The molecule has 0 unspecified atom stereocenters. The number of hydrogen-bond donors (Lipinski definition) is 1. The van der Waals surface area contributed by atoms with Gasteiger partial charge in [0.2, 0.25) is 11.8 Å². The topological polar surface area (TPSA) is 96.0 Å². The molecule has 4 rings (SSSR count). The molecule has 1 atom stereocenters. The quantitative estimate of drug-likeness (QED) is 0.195. The van der Waals surface area contributed by atoms with Gasteiger partial charge in [0.25, 0.3) is 10.0 Å². The van der Waals surface area contributed by atoms with Gasteiger partial charge in [-0.3, -0.25) is 13.9 Å². The van der Waals surface area contributed by atoms with E-state index in [-0.39, 0.29) is 23.8 Å². The van der Waals surface area contributed by atoms with Crippen molar-refractivity contribution >= 4 is 43.5 Å². The largest absolute Gasteiger partial charge is 0.497 e. The highest BCUT2D eigenvalue weighted by Gasteiger charge is 2.34. The molecule has 4 aromatic carbocycles. The number of amides is 2. The van der Waals surface area contributed by atoms with Crippen molar-refractivity contribution in [3.8, 4) is 5.75 Å². The van der Waals surface area contributed by atoms with Gasteiger partial charge >= 0.3 is 0 Å². The van der Waals surface area contributed by atoms with Crippen molar-refractivity contribution in [2.45, 2.75) is 37.8 Å². The molecule has 0 aliphatic rings. The van der Waals surface area contributed by atoms with E-state index in [2.05, 4.69) is 21.2 Å². The Bertz CT molecular complexity index is 1650. The molecule has 44 heavy (non-hydrogen) atoms. The lowest BCUT2D eigenvalue weighted by Crippen LogP contribution is -2.53. The van der Waals surface area contributed by atoms with Gasteiger partial charge in [-0.05, 0) is 73.5 Å². The average Bonchev–Trinajstić information content (AvgIpc) is 3.03. The van der Waals surface area contributed by atoms with Crippen molar-refractivity contribution in [2.24, 2.45) is 0 Å².